The lowest BCUT2D eigenvalue weighted by atomic mass is 10.1. The van der Waals surface area contributed by atoms with E-state index in [0.717, 1.165) is 6.42 Å². The molecule has 0 spiro atoms. The van der Waals surface area contributed by atoms with E-state index < -0.39 is 0 Å². The van der Waals surface area contributed by atoms with Gasteiger partial charge in [0, 0.05) is 45.2 Å². The normalized spacial score (nSPS) is 15.4. The second kappa shape index (κ2) is 9.59. The maximum atomic E-state index is 13.3. The fourth-order valence-electron chi connectivity index (χ4n) is 4.49. The third kappa shape index (κ3) is 4.35. The van der Waals surface area contributed by atoms with E-state index in [1.165, 1.54) is 5.56 Å². The average Bonchev–Trinajstić information content (AvgIpc) is 2.88. The van der Waals surface area contributed by atoms with Crippen molar-refractivity contribution in [3.63, 3.8) is 0 Å². The number of benzene rings is 2. The van der Waals surface area contributed by atoms with Crippen molar-refractivity contribution >= 4 is 22.8 Å². The van der Waals surface area contributed by atoms with E-state index in [-0.39, 0.29) is 11.5 Å². The van der Waals surface area contributed by atoms with Gasteiger partial charge in [0.15, 0.2) is 11.5 Å². The van der Waals surface area contributed by atoms with Crippen molar-refractivity contribution in [2.45, 2.75) is 19.4 Å². The highest BCUT2D eigenvalue weighted by molar-refractivity contribution is 5.83. The lowest BCUT2D eigenvalue weighted by Crippen LogP contribution is -2.50. The molecule has 176 valence electrons. The van der Waals surface area contributed by atoms with Crippen molar-refractivity contribution in [1.82, 2.24) is 14.5 Å². The second-order valence-electron chi connectivity index (χ2n) is 8.48. The molecule has 1 fully saturated rings. The average molecular weight is 461 g/mol. The number of aryl methyl sites for hydroxylation is 1. The minimum absolute atomic E-state index is 0.141. The third-order valence-corrected chi connectivity index (χ3v) is 6.30. The summed E-state index contributed by atoms with van der Waals surface area (Å²) in [6.45, 7) is 7.49. The number of rotatable bonds is 6. The zero-order valence-corrected chi connectivity index (χ0v) is 19.1. The number of fused-ring (bicyclic) bond motifs is 2. The monoisotopic (exact) mass is 460 g/mol. The van der Waals surface area contributed by atoms with Gasteiger partial charge in [-0.15, -0.1) is 6.58 Å². The van der Waals surface area contributed by atoms with Crippen LogP contribution in [0.15, 0.2) is 59.9 Å². The Labute approximate surface area is 198 Å². The number of hydrogen-bond donors (Lipinski definition) is 0. The van der Waals surface area contributed by atoms with Crippen molar-refractivity contribution < 1.29 is 14.3 Å². The van der Waals surface area contributed by atoms with Crippen LogP contribution in [0.5, 0.6) is 11.5 Å². The zero-order valence-electron chi connectivity index (χ0n) is 19.1. The summed E-state index contributed by atoms with van der Waals surface area (Å²) < 4.78 is 13.0. The molecule has 2 aliphatic rings. The number of aromatic nitrogens is 2. The molecule has 0 unspecified atom stereocenters. The Hall–Kier alpha value is -3.81. The van der Waals surface area contributed by atoms with Crippen LogP contribution in [-0.2, 0) is 17.8 Å². The van der Waals surface area contributed by atoms with E-state index in [1.54, 1.807) is 22.8 Å². The zero-order chi connectivity index (χ0) is 23.5. The van der Waals surface area contributed by atoms with E-state index in [1.807, 2.05) is 35.2 Å². The first kappa shape index (κ1) is 22.0. The molecule has 1 amide bonds. The predicted octanol–water partition coefficient (Wildman–Crippen LogP) is 2.64. The maximum absolute atomic E-state index is 13.3. The SMILES string of the molecule is C=CCn1c(N2CCN(C(=O)CCc3ccccc3)CC2)nc2cc3c(cc2c1=O)OCCO3. The number of allylic oxidation sites excluding steroid dienone is 1. The summed E-state index contributed by atoms with van der Waals surface area (Å²) in [5.41, 5.74) is 1.60. The van der Waals surface area contributed by atoms with Crippen molar-refractivity contribution in [2.75, 3.05) is 44.3 Å². The third-order valence-electron chi connectivity index (χ3n) is 6.30. The van der Waals surface area contributed by atoms with Gasteiger partial charge >= 0.3 is 0 Å². The first-order valence-corrected chi connectivity index (χ1v) is 11.7. The number of hydrogen-bond acceptors (Lipinski definition) is 6. The standard InChI is InChI=1S/C26H28N4O4/c1-2-10-30-25(32)20-17-22-23(34-16-15-33-22)18-21(20)27-26(30)29-13-11-28(12-14-29)24(31)9-8-19-6-4-3-5-7-19/h2-7,17-18H,1,8-16H2. The molecule has 3 heterocycles. The molecule has 34 heavy (non-hydrogen) atoms. The van der Waals surface area contributed by atoms with Gasteiger partial charge in [0.05, 0.1) is 10.9 Å². The molecule has 5 rings (SSSR count). The number of amides is 1. The van der Waals surface area contributed by atoms with Gasteiger partial charge in [-0.1, -0.05) is 36.4 Å². The summed E-state index contributed by atoms with van der Waals surface area (Å²) in [6, 6.07) is 13.5. The minimum Gasteiger partial charge on any atom is -0.486 e. The quantitative estimate of drug-likeness (QED) is 0.527. The largest absolute Gasteiger partial charge is 0.486 e. The van der Waals surface area contributed by atoms with Crippen LogP contribution in [0.3, 0.4) is 0 Å². The predicted molar refractivity (Wildman–Crippen MR) is 131 cm³/mol. The number of piperazine rings is 1. The summed E-state index contributed by atoms with van der Waals surface area (Å²) in [5.74, 6) is 1.91. The highest BCUT2D eigenvalue weighted by Crippen LogP contribution is 2.33. The van der Waals surface area contributed by atoms with Gasteiger partial charge in [0.25, 0.3) is 5.56 Å². The Kier molecular flexibility index (Phi) is 6.20. The molecule has 1 saturated heterocycles. The molecule has 8 heteroatoms. The van der Waals surface area contributed by atoms with Crippen molar-refractivity contribution in [3.05, 3.63) is 71.0 Å². The van der Waals surface area contributed by atoms with Gasteiger partial charge in [0.2, 0.25) is 11.9 Å². The van der Waals surface area contributed by atoms with E-state index in [4.69, 9.17) is 14.5 Å². The molecule has 0 saturated carbocycles. The van der Waals surface area contributed by atoms with Crippen LogP contribution in [0, 0.1) is 0 Å². The molecule has 8 nitrogen and oxygen atoms in total. The molecule has 1 aromatic heterocycles. The van der Waals surface area contributed by atoms with Gasteiger partial charge in [-0.05, 0) is 18.1 Å². The van der Waals surface area contributed by atoms with Crippen LogP contribution < -0.4 is 19.9 Å². The van der Waals surface area contributed by atoms with E-state index in [9.17, 15) is 9.59 Å². The minimum atomic E-state index is -0.141. The Morgan fingerprint density at radius 3 is 2.44 bits per heavy atom. The van der Waals surface area contributed by atoms with Crippen LogP contribution in [0.1, 0.15) is 12.0 Å². The maximum Gasteiger partial charge on any atom is 0.263 e. The number of ether oxygens (including phenoxy) is 2. The number of carbonyl (C=O) groups is 1. The lowest BCUT2D eigenvalue weighted by Gasteiger charge is -2.36. The van der Waals surface area contributed by atoms with Gasteiger partial charge < -0.3 is 19.3 Å². The van der Waals surface area contributed by atoms with E-state index >= 15 is 0 Å². The molecular weight excluding hydrogens is 432 g/mol. The van der Waals surface area contributed by atoms with Crippen LogP contribution in [0.2, 0.25) is 0 Å². The summed E-state index contributed by atoms with van der Waals surface area (Å²) in [7, 11) is 0. The topological polar surface area (TPSA) is 76.9 Å². The first-order valence-electron chi connectivity index (χ1n) is 11.7. The molecule has 0 atom stereocenters. The van der Waals surface area contributed by atoms with Crippen LogP contribution >= 0.6 is 0 Å². The van der Waals surface area contributed by atoms with Crippen molar-refractivity contribution in [2.24, 2.45) is 0 Å². The van der Waals surface area contributed by atoms with Crippen LogP contribution in [0.4, 0.5) is 5.95 Å². The first-order chi connectivity index (χ1) is 16.6. The number of anilines is 1. The van der Waals surface area contributed by atoms with Gasteiger partial charge in [-0.25, -0.2) is 4.98 Å². The van der Waals surface area contributed by atoms with Crippen LogP contribution in [-0.4, -0.2) is 59.8 Å². The Bertz CT molecular complexity index is 1260. The summed E-state index contributed by atoms with van der Waals surface area (Å²) in [6.07, 6.45) is 2.92. The van der Waals surface area contributed by atoms with Crippen molar-refractivity contribution in [3.8, 4) is 11.5 Å². The van der Waals surface area contributed by atoms with E-state index in [2.05, 4.69) is 11.5 Å². The Balaban J connectivity index is 1.34. The van der Waals surface area contributed by atoms with E-state index in [0.29, 0.717) is 80.7 Å². The number of nitrogens with zero attached hydrogens (tertiary/aromatic N) is 4. The Morgan fingerprint density at radius 2 is 1.74 bits per heavy atom. The molecule has 3 aromatic rings. The van der Waals surface area contributed by atoms with Crippen LogP contribution in [0.25, 0.3) is 10.9 Å². The molecule has 0 N–H and O–H groups in total. The highest BCUT2D eigenvalue weighted by Gasteiger charge is 2.25. The Morgan fingerprint density at radius 1 is 1.03 bits per heavy atom. The molecule has 2 aromatic carbocycles. The summed E-state index contributed by atoms with van der Waals surface area (Å²) >= 11 is 0. The van der Waals surface area contributed by atoms with Gasteiger partial charge in [-0.3, -0.25) is 14.2 Å². The molecule has 2 aliphatic heterocycles. The fraction of sp³-hybridized carbons (Fsp3) is 0.346. The molecule has 0 bridgehead atoms. The van der Waals surface area contributed by atoms with Gasteiger partial charge in [0.1, 0.15) is 13.2 Å². The smallest absolute Gasteiger partial charge is 0.263 e. The second-order valence-corrected chi connectivity index (χ2v) is 8.48. The molecular formula is C26H28N4O4. The summed E-state index contributed by atoms with van der Waals surface area (Å²) in [5, 5.41) is 0.490. The van der Waals surface area contributed by atoms with Gasteiger partial charge in [-0.2, -0.15) is 0 Å². The van der Waals surface area contributed by atoms with Crippen molar-refractivity contribution in [1.29, 1.82) is 0 Å². The molecule has 0 radical (unpaired) electrons. The number of carbonyl (C=O) groups excluding carboxylic acids is 1. The summed E-state index contributed by atoms with van der Waals surface area (Å²) in [4.78, 5) is 34.9. The lowest BCUT2D eigenvalue weighted by molar-refractivity contribution is -0.131. The molecule has 0 aliphatic carbocycles. The highest BCUT2D eigenvalue weighted by atomic mass is 16.6. The fourth-order valence-corrected chi connectivity index (χ4v) is 4.49.